The summed E-state index contributed by atoms with van der Waals surface area (Å²) in [5.41, 5.74) is 1.67. The Labute approximate surface area is 144 Å². The highest BCUT2D eigenvalue weighted by Crippen LogP contribution is 2.20. The van der Waals surface area contributed by atoms with E-state index in [0.717, 1.165) is 11.1 Å². The molecule has 0 aliphatic carbocycles. The highest BCUT2D eigenvalue weighted by molar-refractivity contribution is 6.35. The quantitative estimate of drug-likeness (QED) is 0.841. The second-order valence-electron chi connectivity index (χ2n) is 4.95. The summed E-state index contributed by atoms with van der Waals surface area (Å²) in [6, 6.07) is 14.4. The molecule has 0 aliphatic rings. The highest BCUT2D eigenvalue weighted by atomic mass is 35.5. The summed E-state index contributed by atoms with van der Waals surface area (Å²) in [4.78, 5) is 23.5. The van der Waals surface area contributed by atoms with E-state index in [9.17, 15) is 9.59 Å². The first-order chi connectivity index (χ1) is 11.0. The Balaban J connectivity index is 1.73. The molecule has 2 N–H and O–H groups in total. The zero-order chi connectivity index (χ0) is 16.7. The van der Waals surface area contributed by atoms with Gasteiger partial charge >= 0.3 is 0 Å². The van der Waals surface area contributed by atoms with Crippen LogP contribution in [0, 0.1) is 0 Å². The fraction of sp³-hybridized carbons (Fsp3) is 0.176. The van der Waals surface area contributed by atoms with Crippen molar-refractivity contribution in [1.29, 1.82) is 0 Å². The second kappa shape index (κ2) is 8.56. The second-order valence-corrected chi connectivity index (χ2v) is 5.80. The maximum atomic E-state index is 11.8. The molecule has 2 rings (SSSR count). The SMILES string of the molecule is O=C(CNC(=O)Cc1ccccc1)NCc1ccc(Cl)cc1Cl. The fourth-order valence-electron chi connectivity index (χ4n) is 1.94. The van der Waals surface area contributed by atoms with Crippen LogP contribution in [-0.4, -0.2) is 18.4 Å². The van der Waals surface area contributed by atoms with Gasteiger partial charge in [0, 0.05) is 16.6 Å². The van der Waals surface area contributed by atoms with Crippen LogP contribution < -0.4 is 10.6 Å². The number of carbonyl (C=O) groups is 2. The van der Waals surface area contributed by atoms with E-state index < -0.39 is 0 Å². The van der Waals surface area contributed by atoms with Crippen LogP contribution in [0.4, 0.5) is 0 Å². The summed E-state index contributed by atoms with van der Waals surface area (Å²) >= 11 is 11.8. The van der Waals surface area contributed by atoms with Crippen LogP contribution >= 0.6 is 23.2 Å². The summed E-state index contributed by atoms with van der Waals surface area (Å²) in [5.74, 6) is -0.478. The van der Waals surface area contributed by atoms with Crippen LogP contribution in [0.5, 0.6) is 0 Å². The third-order valence-electron chi connectivity index (χ3n) is 3.14. The molecule has 0 bridgehead atoms. The van der Waals surface area contributed by atoms with E-state index in [1.54, 1.807) is 18.2 Å². The lowest BCUT2D eigenvalue weighted by Gasteiger charge is -2.08. The number of hydrogen-bond acceptors (Lipinski definition) is 2. The van der Waals surface area contributed by atoms with E-state index in [1.807, 2.05) is 30.3 Å². The van der Waals surface area contributed by atoms with Gasteiger partial charge in [0.1, 0.15) is 0 Å². The van der Waals surface area contributed by atoms with E-state index in [2.05, 4.69) is 10.6 Å². The van der Waals surface area contributed by atoms with E-state index in [-0.39, 0.29) is 31.3 Å². The number of carbonyl (C=O) groups excluding carboxylic acids is 2. The van der Waals surface area contributed by atoms with Gasteiger partial charge in [0.2, 0.25) is 11.8 Å². The number of amides is 2. The topological polar surface area (TPSA) is 58.2 Å². The molecule has 2 amide bonds. The van der Waals surface area contributed by atoms with Gasteiger partial charge < -0.3 is 10.6 Å². The van der Waals surface area contributed by atoms with Crippen molar-refractivity contribution in [2.24, 2.45) is 0 Å². The van der Waals surface area contributed by atoms with Crippen molar-refractivity contribution in [3.05, 3.63) is 69.7 Å². The Morgan fingerprint density at radius 3 is 2.35 bits per heavy atom. The van der Waals surface area contributed by atoms with Gasteiger partial charge in [0.05, 0.1) is 13.0 Å². The highest BCUT2D eigenvalue weighted by Gasteiger charge is 2.07. The van der Waals surface area contributed by atoms with Crippen LogP contribution in [0.2, 0.25) is 10.0 Å². The van der Waals surface area contributed by atoms with Crippen molar-refractivity contribution < 1.29 is 9.59 Å². The molecule has 0 spiro atoms. The van der Waals surface area contributed by atoms with Gasteiger partial charge in [-0.3, -0.25) is 9.59 Å². The molecule has 2 aromatic carbocycles. The minimum atomic E-state index is -0.280. The normalized spacial score (nSPS) is 10.2. The molecule has 6 heteroatoms. The van der Waals surface area contributed by atoms with Gasteiger partial charge in [-0.05, 0) is 23.3 Å². The first kappa shape index (κ1) is 17.3. The lowest BCUT2D eigenvalue weighted by Crippen LogP contribution is -2.37. The average molecular weight is 351 g/mol. The fourth-order valence-corrected chi connectivity index (χ4v) is 2.42. The molecular formula is C17H16Cl2N2O2. The molecule has 0 saturated carbocycles. The minimum absolute atomic E-state index is 0.0725. The van der Waals surface area contributed by atoms with Crippen LogP contribution in [0.1, 0.15) is 11.1 Å². The van der Waals surface area contributed by atoms with Crippen molar-refractivity contribution in [2.45, 2.75) is 13.0 Å². The number of benzene rings is 2. The van der Waals surface area contributed by atoms with E-state index in [1.165, 1.54) is 0 Å². The van der Waals surface area contributed by atoms with Gasteiger partial charge in [0.25, 0.3) is 0 Å². The van der Waals surface area contributed by atoms with Gasteiger partial charge in [0.15, 0.2) is 0 Å². The number of halogens is 2. The van der Waals surface area contributed by atoms with Crippen LogP contribution in [-0.2, 0) is 22.6 Å². The Bertz CT molecular complexity index is 690. The number of hydrogen-bond donors (Lipinski definition) is 2. The average Bonchev–Trinajstić information content (AvgIpc) is 2.53. The molecule has 0 saturated heterocycles. The lowest BCUT2D eigenvalue weighted by molar-refractivity contribution is -0.125. The molecule has 0 unspecified atom stereocenters. The third kappa shape index (κ3) is 5.93. The van der Waals surface area contributed by atoms with Crippen LogP contribution in [0.3, 0.4) is 0 Å². The van der Waals surface area contributed by atoms with Crippen molar-refractivity contribution >= 4 is 35.0 Å². The van der Waals surface area contributed by atoms with Gasteiger partial charge in [-0.2, -0.15) is 0 Å². The van der Waals surface area contributed by atoms with Gasteiger partial charge in [-0.15, -0.1) is 0 Å². The standard InChI is InChI=1S/C17H16Cl2N2O2/c18-14-7-6-13(15(19)9-14)10-20-17(23)11-21-16(22)8-12-4-2-1-3-5-12/h1-7,9H,8,10-11H2,(H,20,23)(H,21,22). The first-order valence-electron chi connectivity index (χ1n) is 7.06. The van der Waals surface area contributed by atoms with Crippen molar-refractivity contribution in [3.63, 3.8) is 0 Å². The molecule has 0 fully saturated rings. The molecule has 0 aliphatic heterocycles. The predicted molar refractivity (Wildman–Crippen MR) is 91.5 cm³/mol. The smallest absolute Gasteiger partial charge is 0.239 e. The summed E-state index contributed by atoms with van der Waals surface area (Å²) in [6.07, 6.45) is 0.247. The summed E-state index contributed by atoms with van der Waals surface area (Å²) in [6.45, 7) is 0.209. The molecule has 0 heterocycles. The molecule has 23 heavy (non-hydrogen) atoms. The lowest BCUT2D eigenvalue weighted by atomic mass is 10.1. The third-order valence-corrected chi connectivity index (χ3v) is 3.73. The molecule has 0 radical (unpaired) electrons. The van der Waals surface area contributed by atoms with Gasteiger partial charge in [-0.25, -0.2) is 0 Å². The summed E-state index contributed by atoms with van der Waals surface area (Å²) < 4.78 is 0. The molecule has 2 aromatic rings. The molecular weight excluding hydrogens is 335 g/mol. The maximum Gasteiger partial charge on any atom is 0.239 e. The van der Waals surface area contributed by atoms with Crippen LogP contribution in [0.15, 0.2) is 48.5 Å². The van der Waals surface area contributed by atoms with E-state index in [4.69, 9.17) is 23.2 Å². The Hall–Kier alpha value is -2.04. The minimum Gasteiger partial charge on any atom is -0.350 e. The van der Waals surface area contributed by atoms with Crippen molar-refractivity contribution in [3.8, 4) is 0 Å². The number of rotatable bonds is 6. The molecule has 0 atom stereocenters. The van der Waals surface area contributed by atoms with E-state index in [0.29, 0.717) is 10.0 Å². The summed E-state index contributed by atoms with van der Waals surface area (Å²) in [7, 11) is 0. The monoisotopic (exact) mass is 350 g/mol. The maximum absolute atomic E-state index is 11.8. The Kier molecular flexibility index (Phi) is 6.44. The first-order valence-corrected chi connectivity index (χ1v) is 7.81. The van der Waals surface area contributed by atoms with Crippen molar-refractivity contribution in [1.82, 2.24) is 10.6 Å². The molecule has 120 valence electrons. The predicted octanol–water partition coefficient (Wildman–Crippen LogP) is 2.97. The largest absolute Gasteiger partial charge is 0.350 e. The molecule has 0 aromatic heterocycles. The van der Waals surface area contributed by atoms with E-state index >= 15 is 0 Å². The zero-order valence-corrected chi connectivity index (χ0v) is 13.8. The summed E-state index contributed by atoms with van der Waals surface area (Å²) in [5, 5.41) is 6.31. The Morgan fingerprint density at radius 2 is 1.65 bits per heavy atom. The zero-order valence-electron chi connectivity index (χ0n) is 12.3. The number of nitrogens with one attached hydrogen (secondary N) is 2. The Morgan fingerprint density at radius 1 is 0.913 bits per heavy atom. The van der Waals surface area contributed by atoms with Crippen LogP contribution in [0.25, 0.3) is 0 Å². The molecule has 4 nitrogen and oxygen atoms in total. The van der Waals surface area contributed by atoms with Gasteiger partial charge in [-0.1, -0.05) is 59.6 Å². The van der Waals surface area contributed by atoms with Crippen molar-refractivity contribution in [2.75, 3.05) is 6.54 Å².